The minimum Gasteiger partial charge on any atom is -0.480 e. The first-order valence-electron chi connectivity index (χ1n) is 6.50. The van der Waals surface area contributed by atoms with Gasteiger partial charge in [-0.2, -0.15) is 0 Å². The van der Waals surface area contributed by atoms with E-state index in [4.69, 9.17) is 10.2 Å². The first-order valence-corrected chi connectivity index (χ1v) is 6.50. The zero-order valence-electron chi connectivity index (χ0n) is 11.2. The van der Waals surface area contributed by atoms with E-state index in [9.17, 15) is 14.7 Å². The third-order valence-electron chi connectivity index (χ3n) is 3.29. The van der Waals surface area contributed by atoms with Crippen LogP contribution in [-0.2, 0) is 4.79 Å². The molecule has 0 aromatic rings. The molecular weight excluding hydrogens is 252 g/mol. The molecule has 1 fully saturated rings. The van der Waals surface area contributed by atoms with Crippen molar-refractivity contribution in [3.63, 3.8) is 0 Å². The Morgan fingerprint density at radius 3 is 2.58 bits per heavy atom. The van der Waals surface area contributed by atoms with Gasteiger partial charge in [-0.1, -0.05) is 0 Å². The Labute approximate surface area is 112 Å². The Bertz CT molecular complexity index is 323. The molecule has 7 nitrogen and oxygen atoms in total. The molecule has 0 bridgehead atoms. The number of aliphatic hydroxyl groups excluding tert-OH is 2. The fourth-order valence-electron chi connectivity index (χ4n) is 2.21. The maximum Gasteiger partial charge on any atom is 0.326 e. The van der Waals surface area contributed by atoms with E-state index in [0.717, 1.165) is 12.8 Å². The molecule has 0 aromatic heterocycles. The Kier molecular flexibility index (Phi) is 6.04. The number of hydrogen-bond acceptors (Lipinski definition) is 4. The second-order valence-corrected chi connectivity index (χ2v) is 4.88. The number of β-amino-alcohol motifs (C(OH)–C–C–N with tert-alkyl or cyclic N) is 1. The van der Waals surface area contributed by atoms with Crippen LogP contribution >= 0.6 is 0 Å². The lowest BCUT2D eigenvalue weighted by Gasteiger charge is -2.27. The van der Waals surface area contributed by atoms with Crippen LogP contribution in [0, 0.1) is 0 Å². The normalized spacial score (nSPS) is 22.6. The molecule has 19 heavy (non-hydrogen) atoms. The molecule has 1 aliphatic heterocycles. The van der Waals surface area contributed by atoms with Crippen LogP contribution in [-0.4, -0.2) is 76.0 Å². The van der Waals surface area contributed by atoms with Gasteiger partial charge in [-0.3, -0.25) is 0 Å². The van der Waals surface area contributed by atoms with E-state index >= 15 is 0 Å². The molecule has 110 valence electrons. The summed E-state index contributed by atoms with van der Waals surface area (Å²) in [5.74, 6) is -1.08. The van der Waals surface area contributed by atoms with Gasteiger partial charge in [0.1, 0.15) is 6.04 Å². The van der Waals surface area contributed by atoms with Crippen LogP contribution in [0.4, 0.5) is 4.79 Å². The first-order chi connectivity index (χ1) is 8.97. The number of unbranched alkanes of at least 4 members (excludes halogenated alkanes) is 2. The number of hydrogen-bond donors (Lipinski definition) is 3. The molecule has 2 atom stereocenters. The molecule has 0 aromatic carbocycles. The van der Waals surface area contributed by atoms with Gasteiger partial charge in [0, 0.05) is 33.2 Å². The SMILES string of the molecule is CN(CCCCCO)C(=O)N1CC(O)CC1C(=O)O. The minimum absolute atomic E-state index is 0.0663. The highest BCUT2D eigenvalue weighted by Gasteiger charge is 2.39. The highest BCUT2D eigenvalue weighted by molar-refractivity contribution is 5.83. The van der Waals surface area contributed by atoms with Gasteiger partial charge in [0.15, 0.2) is 0 Å². The largest absolute Gasteiger partial charge is 0.480 e. The van der Waals surface area contributed by atoms with Crippen LogP contribution in [0.3, 0.4) is 0 Å². The lowest BCUT2D eigenvalue weighted by Crippen LogP contribution is -2.47. The number of carbonyl (C=O) groups excluding carboxylic acids is 1. The van der Waals surface area contributed by atoms with Crippen molar-refractivity contribution in [1.29, 1.82) is 0 Å². The predicted octanol–water partition coefficient (Wildman–Crippen LogP) is -0.279. The average molecular weight is 274 g/mol. The Morgan fingerprint density at radius 1 is 1.32 bits per heavy atom. The highest BCUT2D eigenvalue weighted by atomic mass is 16.4. The summed E-state index contributed by atoms with van der Waals surface area (Å²) in [6.07, 6.45) is 1.59. The number of amides is 2. The summed E-state index contributed by atoms with van der Waals surface area (Å²) in [6, 6.07) is -1.31. The van der Waals surface area contributed by atoms with Crippen LogP contribution < -0.4 is 0 Å². The number of aliphatic carboxylic acids is 1. The number of urea groups is 1. The molecule has 7 heteroatoms. The monoisotopic (exact) mass is 274 g/mol. The predicted molar refractivity (Wildman–Crippen MR) is 67.7 cm³/mol. The summed E-state index contributed by atoms with van der Waals surface area (Å²) in [5.41, 5.74) is 0. The lowest BCUT2D eigenvalue weighted by molar-refractivity contribution is -0.141. The third-order valence-corrected chi connectivity index (χ3v) is 3.29. The van der Waals surface area contributed by atoms with E-state index in [1.54, 1.807) is 7.05 Å². The maximum absolute atomic E-state index is 12.1. The van der Waals surface area contributed by atoms with E-state index in [1.165, 1.54) is 9.80 Å². The van der Waals surface area contributed by atoms with Crippen molar-refractivity contribution in [3.8, 4) is 0 Å². The molecule has 3 N–H and O–H groups in total. The van der Waals surface area contributed by atoms with Gasteiger partial charge in [0.25, 0.3) is 0 Å². The molecule has 0 radical (unpaired) electrons. The lowest BCUT2D eigenvalue weighted by atomic mass is 10.2. The second kappa shape index (κ2) is 7.30. The number of carboxylic acids is 1. The summed E-state index contributed by atoms with van der Waals surface area (Å²) in [4.78, 5) is 25.8. The fraction of sp³-hybridized carbons (Fsp3) is 0.833. The zero-order valence-corrected chi connectivity index (χ0v) is 11.2. The van der Waals surface area contributed by atoms with Crippen LogP contribution in [0.5, 0.6) is 0 Å². The number of likely N-dealkylation sites (tertiary alicyclic amines) is 1. The Morgan fingerprint density at radius 2 is 2.00 bits per heavy atom. The van der Waals surface area contributed by atoms with Crippen LogP contribution in [0.15, 0.2) is 0 Å². The van der Waals surface area contributed by atoms with Gasteiger partial charge in [0.05, 0.1) is 6.10 Å². The van der Waals surface area contributed by atoms with Gasteiger partial charge in [-0.25, -0.2) is 9.59 Å². The number of rotatable bonds is 6. The van der Waals surface area contributed by atoms with Gasteiger partial charge >= 0.3 is 12.0 Å². The molecule has 1 saturated heterocycles. The Hall–Kier alpha value is -1.34. The van der Waals surface area contributed by atoms with Crippen molar-refractivity contribution in [2.24, 2.45) is 0 Å². The maximum atomic E-state index is 12.1. The number of carboxylic acid groups (broad SMARTS) is 1. The number of carbonyl (C=O) groups is 2. The number of aliphatic hydroxyl groups is 2. The highest BCUT2D eigenvalue weighted by Crippen LogP contribution is 2.19. The molecule has 2 amide bonds. The molecule has 0 saturated carbocycles. The fourth-order valence-corrected chi connectivity index (χ4v) is 2.21. The summed E-state index contributed by atoms with van der Waals surface area (Å²) < 4.78 is 0. The molecule has 1 heterocycles. The summed E-state index contributed by atoms with van der Waals surface area (Å²) >= 11 is 0. The molecule has 0 aliphatic carbocycles. The summed E-state index contributed by atoms with van der Waals surface area (Å²) in [6.45, 7) is 0.714. The van der Waals surface area contributed by atoms with Gasteiger partial charge in [-0.15, -0.1) is 0 Å². The smallest absolute Gasteiger partial charge is 0.326 e. The molecule has 1 rings (SSSR count). The molecule has 1 aliphatic rings. The van der Waals surface area contributed by atoms with E-state index in [-0.39, 0.29) is 25.6 Å². The standard InChI is InChI=1S/C12H22N2O5/c1-13(5-3-2-4-6-15)12(19)14-8-9(16)7-10(14)11(17)18/h9-10,15-16H,2-8H2,1H3,(H,17,18). The minimum atomic E-state index is -1.08. The number of nitrogens with zero attached hydrogens (tertiary/aromatic N) is 2. The third kappa shape index (κ3) is 4.36. The average Bonchev–Trinajstić information content (AvgIpc) is 2.75. The van der Waals surface area contributed by atoms with Crippen molar-refractivity contribution in [2.75, 3.05) is 26.7 Å². The Balaban J connectivity index is 2.48. The van der Waals surface area contributed by atoms with Gasteiger partial charge < -0.3 is 25.1 Å². The first kappa shape index (κ1) is 15.7. The topological polar surface area (TPSA) is 101 Å². The summed E-state index contributed by atoms with van der Waals surface area (Å²) in [7, 11) is 1.62. The second-order valence-electron chi connectivity index (χ2n) is 4.88. The van der Waals surface area contributed by atoms with E-state index in [1.807, 2.05) is 0 Å². The van der Waals surface area contributed by atoms with Crippen LogP contribution in [0.1, 0.15) is 25.7 Å². The van der Waals surface area contributed by atoms with E-state index in [2.05, 4.69) is 0 Å². The molecule has 0 spiro atoms. The van der Waals surface area contributed by atoms with Crippen molar-refractivity contribution >= 4 is 12.0 Å². The van der Waals surface area contributed by atoms with Crippen molar-refractivity contribution in [3.05, 3.63) is 0 Å². The van der Waals surface area contributed by atoms with Crippen molar-refractivity contribution < 1.29 is 24.9 Å². The quantitative estimate of drug-likeness (QED) is 0.578. The van der Waals surface area contributed by atoms with Crippen molar-refractivity contribution in [1.82, 2.24) is 9.80 Å². The van der Waals surface area contributed by atoms with Crippen LogP contribution in [0.25, 0.3) is 0 Å². The molecule has 2 unspecified atom stereocenters. The van der Waals surface area contributed by atoms with Gasteiger partial charge in [0.2, 0.25) is 0 Å². The van der Waals surface area contributed by atoms with E-state index in [0.29, 0.717) is 13.0 Å². The van der Waals surface area contributed by atoms with Crippen molar-refractivity contribution in [2.45, 2.75) is 37.8 Å². The van der Waals surface area contributed by atoms with E-state index < -0.39 is 18.1 Å². The molecular formula is C12H22N2O5. The van der Waals surface area contributed by atoms with Gasteiger partial charge in [-0.05, 0) is 19.3 Å². The summed E-state index contributed by atoms with van der Waals surface area (Å²) in [5, 5.41) is 27.2. The zero-order chi connectivity index (χ0) is 14.4. The van der Waals surface area contributed by atoms with Crippen LogP contribution in [0.2, 0.25) is 0 Å².